The molecule has 0 unspecified atom stereocenters. The van der Waals surface area contributed by atoms with Gasteiger partial charge in [0, 0.05) is 0 Å². The van der Waals surface area contributed by atoms with Crippen molar-refractivity contribution < 1.29 is 4.79 Å². The molecule has 1 rings (SSSR count). The van der Waals surface area contributed by atoms with Gasteiger partial charge >= 0.3 is 0 Å². The van der Waals surface area contributed by atoms with Crippen LogP contribution in [0.4, 0.5) is 0 Å². The van der Waals surface area contributed by atoms with Crippen LogP contribution in [0, 0.1) is 20.8 Å². The Morgan fingerprint density at radius 3 is 2.13 bits per heavy atom. The average Bonchev–Trinajstić information content (AvgIpc) is 2.13. The Bertz CT molecular complexity index is 405. The lowest BCUT2D eigenvalue weighted by atomic mass is 9.79. The molecule has 1 amide bonds. The summed E-state index contributed by atoms with van der Waals surface area (Å²) in [4.78, 5) is 11.4. The molecule has 1 aromatic carbocycles. The monoisotopic (exact) mass is 205 g/mol. The second-order valence-corrected chi connectivity index (χ2v) is 4.67. The lowest BCUT2D eigenvalue weighted by Gasteiger charge is -2.24. The fraction of sp³-hybridized carbons (Fsp3) is 0.462. The largest absolute Gasteiger partial charge is 0.369 e. The van der Waals surface area contributed by atoms with Gasteiger partial charge in [-0.05, 0) is 56.9 Å². The number of carbonyl (C=O) groups is 1. The van der Waals surface area contributed by atoms with Gasteiger partial charge in [0.05, 0.1) is 5.41 Å². The highest BCUT2D eigenvalue weighted by atomic mass is 16.1. The van der Waals surface area contributed by atoms with Crippen LogP contribution in [0.1, 0.15) is 36.1 Å². The zero-order valence-corrected chi connectivity index (χ0v) is 10.1. The number of primary amides is 1. The van der Waals surface area contributed by atoms with Gasteiger partial charge in [0.2, 0.25) is 5.91 Å². The van der Waals surface area contributed by atoms with Crippen molar-refractivity contribution in [3.8, 4) is 0 Å². The summed E-state index contributed by atoms with van der Waals surface area (Å²) in [6.07, 6.45) is 0. The summed E-state index contributed by atoms with van der Waals surface area (Å²) < 4.78 is 0. The highest BCUT2D eigenvalue weighted by Gasteiger charge is 2.29. The van der Waals surface area contributed by atoms with Gasteiger partial charge in [-0.2, -0.15) is 0 Å². The topological polar surface area (TPSA) is 43.1 Å². The van der Waals surface area contributed by atoms with Crippen molar-refractivity contribution in [2.45, 2.75) is 40.0 Å². The quantitative estimate of drug-likeness (QED) is 0.791. The summed E-state index contributed by atoms with van der Waals surface area (Å²) in [6.45, 7) is 9.93. The highest BCUT2D eigenvalue weighted by molar-refractivity contribution is 5.86. The minimum absolute atomic E-state index is 0.283. The van der Waals surface area contributed by atoms with Crippen molar-refractivity contribution in [2.75, 3.05) is 0 Å². The highest BCUT2D eigenvalue weighted by Crippen LogP contribution is 2.28. The van der Waals surface area contributed by atoms with E-state index >= 15 is 0 Å². The number of hydrogen-bond acceptors (Lipinski definition) is 1. The van der Waals surface area contributed by atoms with Crippen molar-refractivity contribution in [3.05, 3.63) is 34.4 Å². The van der Waals surface area contributed by atoms with E-state index in [4.69, 9.17) is 5.73 Å². The molecule has 0 saturated heterocycles. The van der Waals surface area contributed by atoms with E-state index in [0.29, 0.717) is 0 Å². The normalized spacial score (nSPS) is 11.5. The van der Waals surface area contributed by atoms with Crippen LogP contribution in [0.25, 0.3) is 0 Å². The molecule has 0 saturated carbocycles. The fourth-order valence-corrected chi connectivity index (χ4v) is 1.77. The first kappa shape index (κ1) is 11.8. The predicted octanol–water partition coefficient (Wildman–Crippen LogP) is 2.37. The number of rotatable bonds is 2. The van der Waals surface area contributed by atoms with Crippen LogP contribution in [0.15, 0.2) is 12.1 Å². The van der Waals surface area contributed by atoms with Crippen LogP contribution < -0.4 is 5.73 Å². The van der Waals surface area contributed by atoms with Crippen LogP contribution in [-0.2, 0) is 10.2 Å². The SMILES string of the molecule is Cc1ccc(C(C)(C)C(N)=O)c(C)c1C. The molecule has 2 nitrogen and oxygen atoms in total. The van der Waals surface area contributed by atoms with E-state index in [0.717, 1.165) is 5.56 Å². The third kappa shape index (κ3) is 1.89. The van der Waals surface area contributed by atoms with Gasteiger partial charge in [-0.3, -0.25) is 4.79 Å². The van der Waals surface area contributed by atoms with E-state index in [1.807, 2.05) is 32.9 Å². The number of nitrogens with two attached hydrogens (primary N) is 1. The van der Waals surface area contributed by atoms with Gasteiger partial charge in [0.15, 0.2) is 0 Å². The number of amides is 1. The van der Waals surface area contributed by atoms with Crippen LogP contribution in [0.2, 0.25) is 0 Å². The molecule has 0 radical (unpaired) electrons. The summed E-state index contributed by atoms with van der Waals surface area (Å²) in [5.74, 6) is -0.283. The molecule has 82 valence electrons. The maximum Gasteiger partial charge on any atom is 0.227 e. The van der Waals surface area contributed by atoms with Crippen molar-refractivity contribution in [3.63, 3.8) is 0 Å². The lowest BCUT2D eigenvalue weighted by Crippen LogP contribution is -2.36. The molecule has 1 aromatic rings. The molecule has 2 heteroatoms. The summed E-state index contributed by atoms with van der Waals surface area (Å²) >= 11 is 0. The van der Waals surface area contributed by atoms with Crippen molar-refractivity contribution in [2.24, 2.45) is 5.73 Å². The molecule has 15 heavy (non-hydrogen) atoms. The molecular formula is C13H19NO. The zero-order valence-electron chi connectivity index (χ0n) is 10.1. The number of aryl methyl sites for hydroxylation is 1. The molecule has 0 aromatic heterocycles. The number of benzene rings is 1. The number of carbonyl (C=O) groups excluding carboxylic acids is 1. The van der Waals surface area contributed by atoms with Gasteiger partial charge in [-0.25, -0.2) is 0 Å². The smallest absolute Gasteiger partial charge is 0.227 e. The second-order valence-electron chi connectivity index (χ2n) is 4.67. The van der Waals surface area contributed by atoms with Crippen molar-refractivity contribution in [1.82, 2.24) is 0 Å². The molecule has 0 aliphatic heterocycles. The van der Waals surface area contributed by atoms with Crippen LogP contribution in [-0.4, -0.2) is 5.91 Å². The zero-order chi connectivity index (χ0) is 11.8. The molecule has 0 spiro atoms. The van der Waals surface area contributed by atoms with E-state index in [1.165, 1.54) is 16.7 Å². The Labute approximate surface area is 91.5 Å². The van der Waals surface area contributed by atoms with Gasteiger partial charge < -0.3 is 5.73 Å². The van der Waals surface area contributed by atoms with Crippen LogP contribution >= 0.6 is 0 Å². The molecule has 0 aliphatic rings. The maximum atomic E-state index is 11.4. The summed E-state index contributed by atoms with van der Waals surface area (Å²) in [5, 5.41) is 0. The second kappa shape index (κ2) is 3.69. The Hall–Kier alpha value is -1.31. The minimum Gasteiger partial charge on any atom is -0.369 e. The lowest BCUT2D eigenvalue weighted by molar-refractivity contribution is -0.122. The fourth-order valence-electron chi connectivity index (χ4n) is 1.77. The van der Waals surface area contributed by atoms with E-state index < -0.39 is 5.41 Å². The average molecular weight is 205 g/mol. The van der Waals surface area contributed by atoms with Crippen molar-refractivity contribution >= 4 is 5.91 Å². The predicted molar refractivity (Wildman–Crippen MR) is 62.9 cm³/mol. The molecule has 0 aliphatic carbocycles. The third-order valence-corrected chi connectivity index (χ3v) is 3.35. The standard InChI is InChI=1S/C13H19NO/c1-8-6-7-11(10(3)9(8)2)13(4,5)12(14)15/h6-7H,1-5H3,(H2,14,15). The van der Waals surface area contributed by atoms with E-state index in [-0.39, 0.29) is 5.91 Å². The Kier molecular flexibility index (Phi) is 2.89. The van der Waals surface area contributed by atoms with Crippen LogP contribution in [0.5, 0.6) is 0 Å². The molecule has 2 N–H and O–H groups in total. The minimum atomic E-state index is -0.595. The van der Waals surface area contributed by atoms with E-state index in [2.05, 4.69) is 13.8 Å². The first-order valence-electron chi connectivity index (χ1n) is 5.15. The van der Waals surface area contributed by atoms with E-state index in [1.54, 1.807) is 0 Å². The number of hydrogen-bond donors (Lipinski definition) is 1. The van der Waals surface area contributed by atoms with Crippen LogP contribution in [0.3, 0.4) is 0 Å². The third-order valence-electron chi connectivity index (χ3n) is 3.35. The molecule has 0 bridgehead atoms. The first-order valence-corrected chi connectivity index (χ1v) is 5.15. The Balaban J connectivity index is 3.40. The molecule has 0 atom stereocenters. The first-order chi connectivity index (χ1) is 6.78. The van der Waals surface area contributed by atoms with Crippen molar-refractivity contribution in [1.29, 1.82) is 0 Å². The molecular weight excluding hydrogens is 186 g/mol. The summed E-state index contributed by atoms with van der Waals surface area (Å²) in [6, 6.07) is 4.05. The summed E-state index contributed by atoms with van der Waals surface area (Å²) in [7, 11) is 0. The molecule has 0 heterocycles. The van der Waals surface area contributed by atoms with E-state index in [9.17, 15) is 4.79 Å². The maximum absolute atomic E-state index is 11.4. The Morgan fingerprint density at radius 1 is 1.13 bits per heavy atom. The van der Waals surface area contributed by atoms with Gasteiger partial charge in [0.25, 0.3) is 0 Å². The van der Waals surface area contributed by atoms with Gasteiger partial charge in [-0.1, -0.05) is 12.1 Å². The Morgan fingerprint density at radius 2 is 1.67 bits per heavy atom. The van der Waals surface area contributed by atoms with Gasteiger partial charge in [0.1, 0.15) is 0 Å². The molecule has 0 fully saturated rings. The summed E-state index contributed by atoms with van der Waals surface area (Å²) in [5.41, 5.74) is 9.50. The van der Waals surface area contributed by atoms with Gasteiger partial charge in [-0.15, -0.1) is 0 Å².